The maximum absolute atomic E-state index is 13.1. The maximum Gasteiger partial charge on any atom is 0.408 e. The molecule has 5 amide bonds. The molecule has 300 valence electrons. The van der Waals surface area contributed by atoms with E-state index in [1.807, 2.05) is 6.07 Å². The van der Waals surface area contributed by atoms with Gasteiger partial charge in [-0.15, -0.1) is 0 Å². The third-order valence-electron chi connectivity index (χ3n) is 7.65. The van der Waals surface area contributed by atoms with Gasteiger partial charge in [-0.25, -0.2) is 14.4 Å². The molecule has 0 radical (unpaired) electrons. The Morgan fingerprint density at radius 3 is 1.85 bits per heavy atom. The van der Waals surface area contributed by atoms with Gasteiger partial charge in [-0.1, -0.05) is 60.7 Å². The van der Waals surface area contributed by atoms with Crippen LogP contribution in [-0.2, 0) is 65.5 Å². The van der Waals surface area contributed by atoms with Crippen molar-refractivity contribution < 1.29 is 57.3 Å². The van der Waals surface area contributed by atoms with Gasteiger partial charge in [-0.05, 0) is 38.3 Å². The van der Waals surface area contributed by atoms with Gasteiger partial charge in [0.25, 0.3) is 0 Å². The topological polar surface area (TPSA) is 225 Å². The Hall–Kier alpha value is -6.00. The first-order valence-electron chi connectivity index (χ1n) is 17.5. The normalized spacial score (nSPS) is 12.4. The first-order valence-corrected chi connectivity index (χ1v) is 17.5. The smallest absolute Gasteiger partial charge is 0.408 e. The number of nitrogens with zero attached hydrogens (tertiary/aromatic N) is 1. The summed E-state index contributed by atoms with van der Waals surface area (Å²) < 4.78 is 19.9. The van der Waals surface area contributed by atoms with Crippen molar-refractivity contribution in [1.82, 2.24) is 26.2 Å². The van der Waals surface area contributed by atoms with Crippen molar-refractivity contribution in [3.05, 3.63) is 71.8 Å². The molecule has 0 saturated carbocycles. The van der Waals surface area contributed by atoms with Crippen molar-refractivity contribution in [2.24, 2.45) is 0 Å². The fourth-order valence-electron chi connectivity index (χ4n) is 4.89. The van der Waals surface area contributed by atoms with Gasteiger partial charge in [0.2, 0.25) is 23.6 Å². The van der Waals surface area contributed by atoms with Gasteiger partial charge in [0, 0.05) is 32.9 Å². The van der Waals surface area contributed by atoms with Crippen molar-refractivity contribution in [3.63, 3.8) is 0 Å². The number of rotatable bonds is 20. The molecular weight excluding hydrogens is 718 g/mol. The Morgan fingerprint density at radius 2 is 1.27 bits per heavy atom. The Balaban J connectivity index is 1.88. The minimum atomic E-state index is -1.37. The van der Waals surface area contributed by atoms with E-state index in [4.69, 9.17) is 18.9 Å². The van der Waals surface area contributed by atoms with Crippen LogP contribution in [0.15, 0.2) is 60.7 Å². The highest BCUT2D eigenvalue weighted by molar-refractivity contribution is 5.91. The van der Waals surface area contributed by atoms with Gasteiger partial charge >= 0.3 is 24.0 Å². The molecule has 0 unspecified atom stereocenters. The number of hydrogen-bond donors (Lipinski definition) is 4. The van der Waals surface area contributed by atoms with Crippen LogP contribution >= 0.6 is 0 Å². The molecule has 17 heteroatoms. The van der Waals surface area contributed by atoms with Gasteiger partial charge in [0.05, 0.1) is 27.2 Å². The second-order valence-electron chi connectivity index (χ2n) is 13.4. The minimum absolute atomic E-state index is 0.0347. The molecule has 0 aliphatic carbocycles. The third-order valence-corrected chi connectivity index (χ3v) is 7.65. The van der Waals surface area contributed by atoms with Crippen LogP contribution in [0.2, 0.25) is 0 Å². The van der Waals surface area contributed by atoms with Gasteiger partial charge in [0.15, 0.2) is 0 Å². The molecule has 0 aromatic heterocycles. The lowest BCUT2D eigenvalue weighted by atomic mass is 10.1. The summed E-state index contributed by atoms with van der Waals surface area (Å²) in [6, 6.07) is 14.2. The Bertz CT molecular complexity index is 1610. The molecule has 17 nitrogen and oxygen atoms in total. The van der Waals surface area contributed by atoms with Gasteiger partial charge in [0.1, 0.15) is 30.3 Å². The number of hydrogen-bond acceptors (Lipinski definition) is 12. The van der Waals surface area contributed by atoms with Crippen molar-refractivity contribution in [2.45, 2.75) is 83.2 Å². The third kappa shape index (κ3) is 18.1. The van der Waals surface area contributed by atoms with E-state index in [1.165, 1.54) is 7.05 Å². The first-order chi connectivity index (χ1) is 26.0. The van der Waals surface area contributed by atoms with Crippen LogP contribution in [0.4, 0.5) is 4.79 Å². The van der Waals surface area contributed by atoms with Crippen LogP contribution in [0, 0.1) is 0 Å². The van der Waals surface area contributed by atoms with Crippen LogP contribution < -0.4 is 21.3 Å². The van der Waals surface area contributed by atoms with E-state index in [-0.39, 0.29) is 38.8 Å². The van der Waals surface area contributed by atoms with E-state index in [9.17, 15) is 38.4 Å². The Kier molecular flexibility index (Phi) is 18.8. The lowest BCUT2D eigenvalue weighted by molar-refractivity contribution is -0.153. The molecule has 0 bridgehead atoms. The molecule has 0 spiro atoms. The fraction of sp³-hybridized carbons (Fsp3) is 0.474. The average molecular weight is 770 g/mol. The molecule has 55 heavy (non-hydrogen) atoms. The van der Waals surface area contributed by atoms with Gasteiger partial charge in [-0.3, -0.25) is 24.0 Å². The highest BCUT2D eigenvalue weighted by atomic mass is 16.6. The van der Waals surface area contributed by atoms with Crippen molar-refractivity contribution in [3.8, 4) is 0 Å². The van der Waals surface area contributed by atoms with Crippen molar-refractivity contribution in [1.29, 1.82) is 0 Å². The number of esters is 3. The zero-order valence-electron chi connectivity index (χ0n) is 32.0. The van der Waals surface area contributed by atoms with Crippen LogP contribution in [0.1, 0.15) is 57.6 Å². The van der Waals surface area contributed by atoms with Crippen LogP contribution in [0.25, 0.3) is 0 Å². The summed E-state index contributed by atoms with van der Waals surface area (Å²) in [5.41, 5.74) is 0.713. The number of nitrogens with one attached hydrogen (secondary N) is 4. The van der Waals surface area contributed by atoms with Crippen LogP contribution in [0.3, 0.4) is 0 Å². The molecule has 0 fully saturated rings. The predicted molar refractivity (Wildman–Crippen MR) is 197 cm³/mol. The zero-order chi connectivity index (χ0) is 41.0. The number of alkyl carbamates (subject to hydrolysis) is 1. The molecule has 2 rings (SSSR count). The minimum Gasteiger partial charge on any atom is -0.467 e. The SMILES string of the molecule is COC(=O)[C@@H](CCC(=O)N(C)CC(=O)N[C@H](CC(=O)OCc1ccccc1)C(=O)OC)NC(=O)CCNC(=O)[C@H](Cc1ccccc1)NC(=O)OC(C)(C)C. The van der Waals surface area contributed by atoms with Gasteiger partial charge < -0.3 is 45.1 Å². The van der Waals surface area contributed by atoms with E-state index < -0.39 is 84.3 Å². The van der Waals surface area contributed by atoms with E-state index in [1.54, 1.807) is 75.4 Å². The largest absolute Gasteiger partial charge is 0.467 e. The predicted octanol–water partition coefficient (Wildman–Crippen LogP) is 1.32. The van der Waals surface area contributed by atoms with Crippen LogP contribution in [0.5, 0.6) is 0 Å². The lowest BCUT2D eigenvalue weighted by Crippen LogP contribution is -2.50. The molecule has 0 heterocycles. The summed E-state index contributed by atoms with van der Waals surface area (Å²) in [4.78, 5) is 102. The van der Waals surface area contributed by atoms with Gasteiger partial charge in [-0.2, -0.15) is 0 Å². The quantitative estimate of drug-likeness (QED) is 0.111. The number of methoxy groups -OCH3 is 2. The first kappa shape index (κ1) is 45.2. The van der Waals surface area contributed by atoms with Crippen molar-refractivity contribution >= 4 is 47.6 Å². The number of ether oxygens (including phenoxy) is 4. The molecule has 3 atom stereocenters. The molecule has 0 aliphatic heterocycles. The summed E-state index contributed by atoms with van der Waals surface area (Å²) in [5.74, 6) is -5.02. The Morgan fingerprint density at radius 1 is 0.709 bits per heavy atom. The number of likely N-dealkylation sites (N-methyl/N-ethyl adjacent to an activating group) is 1. The summed E-state index contributed by atoms with van der Waals surface area (Å²) in [5, 5.41) is 10.0. The number of carbonyl (C=O) groups excluding carboxylic acids is 8. The fourth-order valence-corrected chi connectivity index (χ4v) is 4.89. The monoisotopic (exact) mass is 769 g/mol. The van der Waals surface area contributed by atoms with E-state index in [2.05, 4.69) is 21.3 Å². The molecular formula is C38H51N5O12. The number of carbonyl (C=O) groups is 8. The average Bonchev–Trinajstić information content (AvgIpc) is 3.14. The number of amides is 5. The standard InChI is InChI=1S/C38H51N5O12/c1-38(2,3)55-37(51)42-28(21-25-13-9-7-10-14-25)34(48)39-20-19-30(44)40-27(35(49)52-5)17-18-32(46)43(4)23-31(45)41-29(36(50)53-6)22-33(47)54-24-26-15-11-8-12-16-26/h7-16,27-29H,17-24H2,1-6H3,(H,39,48)(H,40,44)(H,41,45)(H,42,51)/t27-,28+,29-/m1/s1. The molecule has 4 N–H and O–H groups in total. The van der Waals surface area contributed by atoms with Crippen LogP contribution in [-0.4, -0.2) is 111 Å². The second kappa shape index (κ2) is 22.9. The van der Waals surface area contributed by atoms with E-state index >= 15 is 0 Å². The zero-order valence-corrected chi connectivity index (χ0v) is 32.0. The molecule has 2 aromatic rings. The maximum atomic E-state index is 13.1. The highest BCUT2D eigenvalue weighted by Gasteiger charge is 2.28. The molecule has 0 aliphatic rings. The summed E-state index contributed by atoms with van der Waals surface area (Å²) in [6.45, 7) is 4.38. The lowest BCUT2D eigenvalue weighted by Gasteiger charge is -2.23. The summed E-state index contributed by atoms with van der Waals surface area (Å²) in [6.07, 6.45) is -1.87. The number of benzene rings is 2. The Labute approximate surface area is 320 Å². The van der Waals surface area contributed by atoms with Crippen molar-refractivity contribution in [2.75, 3.05) is 34.4 Å². The summed E-state index contributed by atoms with van der Waals surface area (Å²) in [7, 11) is 3.52. The molecule has 2 aromatic carbocycles. The van der Waals surface area contributed by atoms with E-state index in [0.29, 0.717) is 0 Å². The summed E-state index contributed by atoms with van der Waals surface area (Å²) >= 11 is 0. The highest BCUT2D eigenvalue weighted by Crippen LogP contribution is 2.10. The molecule has 0 saturated heterocycles. The van der Waals surface area contributed by atoms with E-state index in [0.717, 1.165) is 30.2 Å². The second-order valence-corrected chi connectivity index (χ2v) is 13.4.